The Kier molecular flexibility index (Phi) is 4.96. The number of ketones is 1. The van der Waals surface area contributed by atoms with Crippen LogP contribution >= 0.6 is 35.0 Å². The maximum absolute atomic E-state index is 11.8. The van der Waals surface area contributed by atoms with Gasteiger partial charge in [-0.05, 0) is 25.1 Å². The predicted molar refractivity (Wildman–Crippen MR) is 81.2 cm³/mol. The largest absolute Gasteiger partial charge is 0.462 e. The van der Waals surface area contributed by atoms with Crippen LogP contribution in [0.5, 0.6) is 0 Å². The summed E-state index contributed by atoms with van der Waals surface area (Å²) in [7, 11) is 0. The first kappa shape index (κ1) is 15.2. The van der Waals surface area contributed by atoms with Gasteiger partial charge >= 0.3 is 5.97 Å². The van der Waals surface area contributed by atoms with Gasteiger partial charge in [-0.3, -0.25) is 4.79 Å². The summed E-state index contributed by atoms with van der Waals surface area (Å²) in [5.41, 5.74) is 0.662. The molecule has 0 saturated heterocycles. The molecule has 106 valence electrons. The number of carbonyl (C=O) groups excluding carboxylic acids is 2. The maximum Gasteiger partial charge on any atom is 0.344 e. The molecule has 1 aromatic carbocycles. The molecule has 0 saturated carbocycles. The van der Waals surface area contributed by atoms with Gasteiger partial charge in [0.1, 0.15) is 5.57 Å². The molecule has 20 heavy (non-hydrogen) atoms. The molecule has 0 radical (unpaired) electrons. The molecule has 0 aromatic heterocycles. The highest BCUT2D eigenvalue weighted by Gasteiger charge is 2.30. The highest BCUT2D eigenvalue weighted by molar-refractivity contribution is 8.04. The van der Waals surface area contributed by atoms with E-state index in [0.29, 0.717) is 20.8 Å². The average molecular weight is 332 g/mol. The minimum atomic E-state index is -0.613. The van der Waals surface area contributed by atoms with Crippen LogP contribution in [0.4, 0.5) is 5.69 Å². The number of nitrogens with one attached hydrogen (secondary N) is 1. The van der Waals surface area contributed by atoms with Crippen LogP contribution in [0.25, 0.3) is 0 Å². The number of carbonyl (C=O) groups is 2. The summed E-state index contributed by atoms with van der Waals surface area (Å²) in [6.07, 6.45) is 0. The second kappa shape index (κ2) is 6.52. The third-order valence-corrected chi connectivity index (χ3v) is 3.89. The Morgan fingerprint density at radius 1 is 1.35 bits per heavy atom. The lowest BCUT2D eigenvalue weighted by atomic mass is 10.2. The van der Waals surface area contributed by atoms with Gasteiger partial charge in [0, 0.05) is 15.7 Å². The molecule has 0 unspecified atom stereocenters. The SMILES string of the molecule is CCOC(=O)C1=C(Nc2cc(Cl)cc(Cl)c2)SCC1=O. The van der Waals surface area contributed by atoms with E-state index in [2.05, 4.69) is 5.32 Å². The van der Waals surface area contributed by atoms with Crippen LogP contribution in [0.1, 0.15) is 6.92 Å². The lowest BCUT2D eigenvalue weighted by molar-refractivity contribution is -0.139. The molecule has 1 heterocycles. The van der Waals surface area contributed by atoms with Gasteiger partial charge in [-0.25, -0.2) is 4.79 Å². The van der Waals surface area contributed by atoms with E-state index in [0.717, 1.165) is 0 Å². The molecule has 7 heteroatoms. The van der Waals surface area contributed by atoms with Gasteiger partial charge in [0.05, 0.1) is 17.4 Å². The molecule has 0 atom stereocenters. The quantitative estimate of drug-likeness (QED) is 0.676. The highest BCUT2D eigenvalue weighted by Crippen LogP contribution is 2.32. The molecule has 4 nitrogen and oxygen atoms in total. The Bertz CT molecular complexity index is 581. The number of rotatable bonds is 4. The van der Waals surface area contributed by atoms with Gasteiger partial charge in [-0.1, -0.05) is 35.0 Å². The van der Waals surface area contributed by atoms with Crippen LogP contribution in [-0.2, 0) is 14.3 Å². The molecular weight excluding hydrogens is 321 g/mol. The van der Waals surface area contributed by atoms with E-state index in [1.54, 1.807) is 25.1 Å². The fraction of sp³-hybridized carbons (Fsp3) is 0.231. The summed E-state index contributed by atoms with van der Waals surface area (Å²) in [5, 5.41) is 4.39. The van der Waals surface area contributed by atoms with E-state index in [-0.39, 0.29) is 23.7 Å². The first-order valence-electron chi connectivity index (χ1n) is 5.81. The van der Waals surface area contributed by atoms with Crippen LogP contribution < -0.4 is 5.32 Å². The molecule has 1 aliphatic rings. The number of benzene rings is 1. The molecule has 0 fully saturated rings. The Balaban J connectivity index is 2.29. The van der Waals surface area contributed by atoms with Crippen LogP contribution in [0, 0.1) is 0 Å². The topological polar surface area (TPSA) is 55.4 Å². The normalized spacial score (nSPS) is 14.7. The van der Waals surface area contributed by atoms with E-state index in [1.165, 1.54) is 11.8 Å². The van der Waals surface area contributed by atoms with Crippen molar-refractivity contribution in [2.45, 2.75) is 6.92 Å². The lowest BCUT2D eigenvalue weighted by Gasteiger charge is -2.09. The molecule has 0 amide bonds. The molecule has 0 bridgehead atoms. The summed E-state index contributed by atoms with van der Waals surface area (Å²) in [4.78, 5) is 23.5. The van der Waals surface area contributed by atoms with Gasteiger partial charge in [-0.15, -0.1) is 0 Å². The molecule has 1 aromatic rings. The third-order valence-electron chi connectivity index (χ3n) is 2.45. The van der Waals surface area contributed by atoms with Crippen LogP contribution in [0.15, 0.2) is 28.8 Å². The van der Waals surface area contributed by atoms with Crippen molar-refractivity contribution in [2.24, 2.45) is 0 Å². The number of anilines is 1. The number of thioether (sulfide) groups is 1. The predicted octanol–water partition coefficient (Wildman–Crippen LogP) is 3.50. The number of halogens is 2. The fourth-order valence-electron chi connectivity index (χ4n) is 1.67. The van der Waals surface area contributed by atoms with Gasteiger partial charge in [-0.2, -0.15) is 0 Å². The molecule has 2 rings (SSSR count). The number of ether oxygens (including phenoxy) is 1. The second-order valence-electron chi connectivity index (χ2n) is 3.92. The fourth-order valence-corrected chi connectivity index (χ4v) is 3.15. The Morgan fingerprint density at radius 2 is 2.00 bits per heavy atom. The van der Waals surface area contributed by atoms with Crippen molar-refractivity contribution in [2.75, 3.05) is 17.7 Å². The highest BCUT2D eigenvalue weighted by atomic mass is 35.5. The monoisotopic (exact) mass is 331 g/mol. The molecule has 1 N–H and O–H groups in total. The van der Waals surface area contributed by atoms with Gasteiger partial charge in [0.15, 0.2) is 5.78 Å². The van der Waals surface area contributed by atoms with Crippen LogP contribution in [-0.4, -0.2) is 24.1 Å². The van der Waals surface area contributed by atoms with Crippen molar-refractivity contribution in [1.82, 2.24) is 0 Å². The minimum absolute atomic E-state index is 0.0490. The van der Waals surface area contributed by atoms with Crippen molar-refractivity contribution in [3.05, 3.63) is 38.8 Å². The van der Waals surface area contributed by atoms with Crippen molar-refractivity contribution >= 4 is 52.4 Å². The first-order valence-corrected chi connectivity index (χ1v) is 7.56. The summed E-state index contributed by atoms with van der Waals surface area (Å²) < 4.78 is 4.89. The van der Waals surface area contributed by atoms with Gasteiger partial charge < -0.3 is 10.1 Å². The Hall–Kier alpha value is -1.17. The van der Waals surface area contributed by atoms with Crippen molar-refractivity contribution in [3.8, 4) is 0 Å². The van der Waals surface area contributed by atoms with Crippen LogP contribution in [0.3, 0.4) is 0 Å². The summed E-state index contributed by atoms with van der Waals surface area (Å²) in [6, 6.07) is 4.92. The third kappa shape index (κ3) is 3.48. The van der Waals surface area contributed by atoms with E-state index in [4.69, 9.17) is 27.9 Å². The maximum atomic E-state index is 11.8. The van der Waals surface area contributed by atoms with Crippen molar-refractivity contribution in [1.29, 1.82) is 0 Å². The first-order chi connectivity index (χ1) is 9.51. The molecule has 0 spiro atoms. The van der Waals surface area contributed by atoms with E-state index >= 15 is 0 Å². The second-order valence-corrected chi connectivity index (χ2v) is 5.78. The van der Waals surface area contributed by atoms with E-state index in [1.807, 2.05) is 0 Å². The van der Waals surface area contributed by atoms with Gasteiger partial charge in [0.25, 0.3) is 0 Å². The summed E-state index contributed by atoms with van der Waals surface area (Å²) in [6.45, 7) is 1.91. The zero-order valence-electron chi connectivity index (χ0n) is 10.5. The Morgan fingerprint density at radius 3 is 2.60 bits per heavy atom. The standard InChI is InChI=1S/C13H11Cl2NO3S/c1-2-19-13(18)11-10(17)6-20-12(11)16-9-4-7(14)3-8(15)5-9/h3-5,16H,2,6H2,1H3. The smallest absolute Gasteiger partial charge is 0.344 e. The van der Waals surface area contributed by atoms with Crippen molar-refractivity contribution in [3.63, 3.8) is 0 Å². The number of Topliss-reactive ketones (excluding diaryl/α,β-unsaturated/α-hetero) is 1. The van der Waals surface area contributed by atoms with E-state index < -0.39 is 5.97 Å². The van der Waals surface area contributed by atoms with Crippen LogP contribution in [0.2, 0.25) is 10.0 Å². The number of esters is 1. The zero-order valence-corrected chi connectivity index (χ0v) is 12.9. The van der Waals surface area contributed by atoms with Gasteiger partial charge in [0.2, 0.25) is 0 Å². The average Bonchev–Trinajstić information content (AvgIpc) is 2.69. The minimum Gasteiger partial charge on any atom is -0.462 e. The van der Waals surface area contributed by atoms with Crippen molar-refractivity contribution < 1.29 is 14.3 Å². The zero-order chi connectivity index (χ0) is 14.7. The Labute approximate surface area is 130 Å². The summed E-state index contributed by atoms with van der Waals surface area (Å²) in [5.74, 6) is -0.646. The molecule has 0 aliphatic carbocycles. The lowest BCUT2D eigenvalue weighted by Crippen LogP contribution is -2.16. The number of hydrogen-bond acceptors (Lipinski definition) is 5. The molecular formula is C13H11Cl2NO3S. The molecule has 1 aliphatic heterocycles. The summed E-state index contributed by atoms with van der Waals surface area (Å²) >= 11 is 13.1. The number of hydrogen-bond donors (Lipinski definition) is 1. The van der Waals surface area contributed by atoms with E-state index in [9.17, 15) is 9.59 Å².